The van der Waals surface area contributed by atoms with E-state index in [1.165, 1.54) is 12.1 Å². The van der Waals surface area contributed by atoms with Crippen LogP contribution in [0.25, 0.3) is 0 Å². The van der Waals surface area contributed by atoms with Crippen molar-refractivity contribution >= 4 is 17.7 Å². The highest BCUT2D eigenvalue weighted by molar-refractivity contribution is 5.57. The Morgan fingerprint density at radius 3 is 2.47 bits per heavy atom. The number of benzene rings is 1. The third-order valence-electron chi connectivity index (χ3n) is 1.56. The minimum atomic E-state index is -0.438. The first-order chi connectivity index (χ1) is 7.09. The number of non-ortho nitro benzene ring substituents is 1. The zero-order valence-electron chi connectivity index (χ0n) is 8.54. The third-order valence-corrected chi connectivity index (χ3v) is 1.56. The van der Waals surface area contributed by atoms with Gasteiger partial charge in [-0.3, -0.25) is 15.5 Å². The maximum Gasteiger partial charge on any atom is 0.269 e. The molecule has 80 valence electrons. The van der Waals surface area contributed by atoms with Crippen LogP contribution in [0.15, 0.2) is 29.4 Å². The van der Waals surface area contributed by atoms with E-state index < -0.39 is 4.92 Å². The summed E-state index contributed by atoms with van der Waals surface area (Å²) in [6.07, 6.45) is 1.60. The highest BCUT2D eigenvalue weighted by atomic mass is 16.6. The second-order valence-corrected chi connectivity index (χ2v) is 3.12. The maximum absolute atomic E-state index is 10.4. The summed E-state index contributed by atoms with van der Waals surface area (Å²) >= 11 is 0. The molecule has 0 unspecified atom stereocenters. The molecule has 0 fully saturated rings. The summed E-state index contributed by atoms with van der Waals surface area (Å²) in [6, 6.07) is 6.05. The first-order valence-electron chi connectivity index (χ1n) is 4.29. The number of hydrogen-bond donors (Lipinski definition) is 1. The van der Waals surface area contributed by atoms with Gasteiger partial charge in [-0.2, -0.15) is 5.10 Å². The highest BCUT2D eigenvalue weighted by Gasteiger charge is 2.02. The SMILES string of the molecule is CN(C)C=NNc1ccc([N+](=O)[O-])cc1. The second-order valence-electron chi connectivity index (χ2n) is 3.12. The first kappa shape index (κ1) is 11.0. The van der Waals surface area contributed by atoms with Crippen LogP contribution in [0.4, 0.5) is 11.4 Å². The van der Waals surface area contributed by atoms with E-state index >= 15 is 0 Å². The Morgan fingerprint density at radius 2 is 2.00 bits per heavy atom. The summed E-state index contributed by atoms with van der Waals surface area (Å²) in [5.74, 6) is 0. The molecule has 0 saturated carbocycles. The summed E-state index contributed by atoms with van der Waals surface area (Å²) in [5, 5.41) is 14.3. The van der Waals surface area contributed by atoms with E-state index in [1.54, 1.807) is 23.4 Å². The molecule has 0 aliphatic rings. The average Bonchev–Trinajstić information content (AvgIpc) is 2.18. The van der Waals surface area contributed by atoms with Crippen LogP contribution in [0.5, 0.6) is 0 Å². The van der Waals surface area contributed by atoms with Crippen molar-refractivity contribution in [2.75, 3.05) is 19.5 Å². The molecule has 15 heavy (non-hydrogen) atoms. The van der Waals surface area contributed by atoms with Crippen LogP contribution in [0.2, 0.25) is 0 Å². The predicted octanol–water partition coefficient (Wildman–Crippen LogP) is 1.51. The molecule has 1 rings (SSSR count). The predicted molar refractivity (Wildman–Crippen MR) is 58.9 cm³/mol. The summed E-state index contributed by atoms with van der Waals surface area (Å²) in [6.45, 7) is 0. The number of nitro benzene ring substituents is 1. The lowest BCUT2D eigenvalue weighted by Crippen LogP contribution is -2.09. The Balaban J connectivity index is 2.61. The monoisotopic (exact) mass is 208 g/mol. The van der Waals surface area contributed by atoms with Gasteiger partial charge in [0.15, 0.2) is 0 Å². The van der Waals surface area contributed by atoms with Crippen LogP contribution in [0, 0.1) is 10.1 Å². The lowest BCUT2D eigenvalue weighted by molar-refractivity contribution is -0.384. The molecule has 1 aromatic carbocycles. The van der Waals surface area contributed by atoms with Crippen molar-refractivity contribution in [3.05, 3.63) is 34.4 Å². The van der Waals surface area contributed by atoms with E-state index in [4.69, 9.17) is 0 Å². The molecule has 1 N–H and O–H groups in total. The molecule has 0 spiro atoms. The molecule has 0 atom stereocenters. The fourth-order valence-corrected chi connectivity index (χ4v) is 0.877. The van der Waals surface area contributed by atoms with Gasteiger partial charge in [-0.1, -0.05) is 0 Å². The van der Waals surface area contributed by atoms with Gasteiger partial charge in [-0.25, -0.2) is 0 Å². The van der Waals surface area contributed by atoms with Crippen LogP contribution in [-0.4, -0.2) is 30.3 Å². The topological polar surface area (TPSA) is 70.8 Å². The van der Waals surface area contributed by atoms with Gasteiger partial charge >= 0.3 is 0 Å². The summed E-state index contributed by atoms with van der Waals surface area (Å²) in [7, 11) is 3.70. The number of hydrogen-bond acceptors (Lipinski definition) is 4. The molecular formula is C9H12N4O2. The Kier molecular flexibility index (Phi) is 3.61. The molecule has 0 aliphatic heterocycles. The van der Waals surface area contributed by atoms with Gasteiger partial charge in [-0.05, 0) is 12.1 Å². The van der Waals surface area contributed by atoms with E-state index in [0.717, 1.165) is 0 Å². The molecule has 0 aromatic heterocycles. The van der Waals surface area contributed by atoms with Gasteiger partial charge in [-0.15, -0.1) is 0 Å². The molecule has 1 aromatic rings. The van der Waals surface area contributed by atoms with Crippen molar-refractivity contribution in [3.8, 4) is 0 Å². The quantitative estimate of drug-likeness (QED) is 0.352. The van der Waals surface area contributed by atoms with Crippen molar-refractivity contribution in [3.63, 3.8) is 0 Å². The zero-order chi connectivity index (χ0) is 11.3. The number of nitrogens with zero attached hydrogens (tertiary/aromatic N) is 3. The van der Waals surface area contributed by atoms with Gasteiger partial charge < -0.3 is 4.90 Å². The molecule has 0 saturated heterocycles. The van der Waals surface area contributed by atoms with E-state index in [9.17, 15) is 10.1 Å². The summed E-state index contributed by atoms with van der Waals surface area (Å²) < 4.78 is 0. The van der Waals surface area contributed by atoms with Gasteiger partial charge in [0.05, 0.1) is 10.6 Å². The Bertz CT molecular complexity index is 359. The zero-order valence-corrected chi connectivity index (χ0v) is 8.54. The molecule has 0 bridgehead atoms. The molecular weight excluding hydrogens is 196 g/mol. The van der Waals surface area contributed by atoms with Gasteiger partial charge in [0.25, 0.3) is 5.69 Å². The Hall–Kier alpha value is -2.11. The first-order valence-corrected chi connectivity index (χ1v) is 4.29. The Morgan fingerprint density at radius 1 is 1.40 bits per heavy atom. The fraction of sp³-hybridized carbons (Fsp3) is 0.222. The van der Waals surface area contributed by atoms with Crippen molar-refractivity contribution < 1.29 is 4.92 Å². The van der Waals surface area contributed by atoms with Crippen LogP contribution in [-0.2, 0) is 0 Å². The molecule has 6 nitrogen and oxygen atoms in total. The minimum Gasteiger partial charge on any atom is -0.367 e. The van der Waals surface area contributed by atoms with Crippen molar-refractivity contribution in [2.24, 2.45) is 5.10 Å². The lowest BCUT2D eigenvalue weighted by Gasteiger charge is -2.03. The van der Waals surface area contributed by atoms with Gasteiger partial charge in [0.1, 0.15) is 6.34 Å². The van der Waals surface area contributed by atoms with Crippen LogP contribution >= 0.6 is 0 Å². The molecule has 0 radical (unpaired) electrons. The summed E-state index contributed by atoms with van der Waals surface area (Å²) in [4.78, 5) is 11.7. The molecule has 0 aliphatic carbocycles. The number of nitrogens with one attached hydrogen (secondary N) is 1. The average molecular weight is 208 g/mol. The molecule has 0 heterocycles. The van der Waals surface area contributed by atoms with Crippen molar-refractivity contribution in [1.29, 1.82) is 0 Å². The fourth-order valence-electron chi connectivity index (χ4n) is 0.877. The van der Waals surface area contributed by atoms with Crippen molar-refractivity contribution in [1.82, 2.24) is 4.90 Å². The van der Waals surface area contributed by atoms with Crippen molar-refractivity contribution in [2.45, 2.75) is 0 Å². The van der Waals surface area contributed by atoms with Gasteiger partial charge in [0, 0.05) is 26.2 Å². The maximum atomic E-state index is 10.4. The smallest absolute Gasteiger partial charge is 0.269 e. The minimum absolute atomic E-state index is 0.0668. The number of rotatable bonds is 4. The Labute approximate surface area is 87.4 Å². The van der Waals surface area contributed by atoms with Crippen LogP contribution in [0.3, 0.4) is 0 Å². The standard InChI is InChI=1S/C9H12N4O2/c1-12(2)7-10-11-8-3-5-9(6-4-8)13(14)15/h3-7,11H,1-2H3. The van der Waals surface area contributed by atoms with Gasteiger partial charge in [0.2, 0.25) is 0 Å². The van der Waals surface area contributed by atoms with Crippen LogP contribution in [0.1, 0.15) is 0 Å². The van der Waals surface area contributed by atoms with E-state index in [-0.39, 0.29) is 5.69 Å². The van der Waals surface area contributed by atoms with E-state index in [0.29, 0.717) is 5.69 Å². The number of hydrazone groups is 1. The summed E-state index contributed by atoms with van der Waals surface area (Å²) in [5.41, 5.74) is 3.52. The number of nitro groups is 1. The third kappa shape index (κ3) is 3.63. The van der Waals surface area contributed by atoms with E-state index in [1.807, 2.05) is 14.1 Å². The van der Waals surface area contributed by atoms with E-state index in [2.05, 4.69) is 10.5 Å². The molecule has 6 heteroatoms. The normalized spacial score (nSPS) is 10.3. The molecule has 0 amide bonds. The number of anilines is 1. The highest BCUT2D eigenvalue weighted by Crippen LogP contribution is 2.14. The second kappa shape index (κ2) is 4.94. The largest absolute Gasteiger partial charge is 0.367 e. The lowest BCUT2D eigenvalue weighted by atomic mass is 10.3. The van der Waals surface area contributed by atoms with Crippen LogP contribution < -0.4 is 5.43 Å².